The molecule has 0 amide bonds. The molecule has 0 spiro atoms. The van der Waals surface area contributed by atoms with Crippen LogP contribution in [-0.4, -0.2) is 0 Å². The van der Waals surface area contributed by atoms with Crippen LogP contribution in [0.5, 0.6) is 0 Å². The zero-order valence-corrected chi connectivity index (χ0v) is 13.7. The third kappa shape index (κ3) is 3.54. The molecule has 0 saturated heterocycles. The van der Waals surface area contributed by atoms with Crippen LogP contribution < -0.4 is 0 Å². The summed E-state index contributed by atoms with van der Waals surface area (Å²) in [6.45, 7) is 2.29. The highest BCUT2D eigenvalue weighted by molar-refractivity contribution is 5.32. The lowest BCUT2D eigenvalue weighted by atomic mass is 9.79. The molecule has 1 saturated carbocycles. The van der Waals surface area contributed by atoms with Gasteiger partial charge in [0.05, 0.1) is 0 Å². The fourth-order valence-corrected chi connectivity index (χ4v) is 4.10. The number of allylic oxidation sites excluding steroid dienone is 4. The van der Waals surface area contributed by atoms with Gasteiger partial charge in [0.2, 0.25) is 0 Å². The van der Waals surface area contributed by atoms with Crippen LogP contribution in [-0.2, 0) is 0 Å². The van der Waals surface area contributed by atoms with Gasteiger partial charge >= 0.3 is 0 Å². The third-order valence-electron chi connectivity index (χ3n) is 5.27. The number of rotatable bonds is 7. The maximum Gasteiger partial charge on any atom is -0.000879 e. The van der Waals surface area contributed by atoms with E-state index in [0.717, 1.165) is 5.92 Å². The largest absolute Gasteiger partial charge is 0.0805 e. The van der Waals surface area contributed by atoms with Crippen LogP contribution in [0.2, 0.25) is 0 Å². The fourth-order valence-electron chi connectivity index (χ4n) is 4.10. The van der Waals surface area contributed by atoms with Gasteiger partial charge in [0.15, 0.2) is 0 Å². The topological polar surface area (TPSA) is 0 Å². The molecule has 4 atom stereocenters. The minimum absolute atomic E-state index is 0.509. The zero-order chi connectivity index (χ0) is 15.2. The lowest BCUT2D eigenvalue weighted by Gasteiger charge is -2.25. The second-order valence-corrected chi connectivity index (χ2v) is 6.79. The SMILES string of the molecule is CCCCCCCC1C(c2ccccc2)[C]C2C=CC=CC21. The first-order chi connectivity index (χ1) is 10.9. The molecule has 2 aliphatic carbocycles. The molecule has 3 rings (SSSR count). The van der Waals surface area contributed by atoms with Gasteiger partial charge < -0.3 is 0 Å². The minimum atomic E-state index is 0.509. The third-order valence-corrected chi connectivity index (χ3v) is 5.27. The molecule has 1 aromatic rings. The molecule has 0 heterocycles. The second kappa shape index (κ2) is 7.81. The molecule has 2 aliphatic rings. The Balaban J connectivity index is 1.67. The Morgan fingerprint density at radius 1 is 0.909 bits per heavy atom. The smallest absolute Gasteiger partial charge is 0.000879 e. The van der Waals surface area contributed by atoms with Crippen molar-refractivity contribution in [3.8, 4) is 0 Å². The maximum atomic E-state index is 3.87. The van der Waals surface area contributed by atoms with E-state index in [-0.39, 0.29) is 0 Å². The quantitative estimate of drug-likeness (QED) is 0.525. The molecule has 22 heavy (non-hydrogen) atoms. The van der Waals surface area contributed by atoms with Gasteiger partial charge in [-0.1, -0.05) is 93.7 Å². The van der Waals surface area contributed by atoms with Crippen molar-refractivity contribution in [1.82, 2.24) is 0 Å². The Morgan fingerprint density at radius 3 is 2.50 bits per heavy atom. The molecule has 1 aromatic carbocycles. The fraction of sp³-hybridized carbons (Fsp3) is 0.500. The number of hydrogen-bond acceptors (Lipinski definition) is 0. The van der Waals surface area contributed by atoms with Crippen LogP contribution in [0.4, 0.5) is 0 Å². The highest BCUT2D eigenvalue weighted by Crippen LogP contribution is 2.50. The van der Waals surface area contributed by atoms with E-state index in [1.165, 1.54) is 44.1 Å². The lowest BCUT2D eigenvalue weighted by Crippen LogP contribution is -2.16. The first kappa shape index (κ1) is 15.6. The summed E-state index contributed by atoms with van der Waals surface area (Å²) in [5.41, 5.74) is 1.46. The molecule has 0 aromatic heterocycles. The number of hydrogen-bond donors (Lipinski definition) is 0. The summed E-state index contributed by atoms with van der Waals surface area (Å²) in [5, 5.41) is 0. The van der Waals surface area contributed by atoms with Crippen molar-refractivity contribution in [2.24, 2.45) is 17.8 Å². The standard InChI is InChI=1S/C22H28/c1-2-3-4-5-9-16-21-20-15-11-10-14-19(20)17-22(21)18-12-7-6-8-13-18/h6-8,10-15,19-22H,2-5,9,16H2,1H3. The van der Waals surface area contributed by atoms with Crippen LogP contribution in [0.25, 0.3) is 0 Å². The zero-order valence-electron chi connectivity index (χ0n) is 13.7. The van der Waals surface area contributed by atoms with Crippen LogP contribution in [0.1, 0.15) is 56.9 Å². The number of benzene rings is 1. The van der Waals surface area contributed by atoms with Crippen molar-refractivity contribution in [3.05, 3.63) is 66.6 Å². The number of unbranched alkanes of at least 4 members (excludes halogenated alkanes) is 4. The predicted molar refractivity (Wildman–Crippen MR) is 94.6 cm³/mol. The molecule has 0 aliphatic heterocycles. The molecule has 0 heteroatoms. The van der Waals surface area contributed by atoms with E-state index in [9.17, 15) is 0 Å². The molecular formula is C22H28. The molecule has 0 N–H and O–H groups in total. The lowest BCUT2D eigenvalue weighted by molar-refractivity contribution is 0.355. The Hall–Kier alpha value is -1.30. The minimum Gasteiger partial charge on any atom is -0.0805 e. The van der Waals surface area contributed by atoms with Gasteiger partial charge in [-0.3, -0.25) is 0 Å². The Labute approximate surface area is 136 Å². The van der Waals surface area contributed by atoms with Crippen molar-refractivity contribution in [1.29, 1.82) is 0 Å². The van der Waals surface area contributed by atoms with Crippen molar-refractivity contribution in [3.63, 3.8) is 0 Å². The average Bonchev–Trinajstić information content (AvgIpc) is 2.94. The second-order valence-electron chi connectivity index (χ2n) is 6.79. The molecule has 4 unspecified atom stereocenters. The van der Waals surface area contributed by atoms with E-state index in [1.807, 2.05) is 0 Å². The van der Waals surface area contributed by atoms with Crippen molar-refractivity contribution in [2.75, 3.05) is 0 Å². The summed E-state index contributed by atoms with van der Waals surface area (Å²) < 4.78 is 0. The molecule has 1 fully saturated rings. The highest BCUT2D eigenvalue weighted by Gasteiger charge is 2.41. The predicted octanol–water partition coefficient (Wildman–Crippen LogP) is 6.20. The van der Waals surface area contributed by atoms with Crippen LogP contribution in [0.15, 0.2) is 54.6 Å². The summed E-state index contributed by atoms with van der Waals surface area (Å²) in [6, 6.07) is 11.0. The Bertz CT molecular complexity index is 496. The van der Waals surface area contributed by atoms with Crippen molar-refractivity contribution >= 4 is 0 Å². The Kier molecular flexibility index (Phi) is 5.53. The van der Waals surface area contributed by atoms with Crippen LogP contribution in [0, 0.1) is 24.2 Å². The van der Waals surface area contributed by atoms with E-state index < -0.39 is 0 Å². The molecule has 0 nitrogen and oxygen atoms in total. The summed E-state index contributed by atoms with van der Waals surface area (Å²) >= 11 is 0. The maximum absolute atomic E-state index is 3.87. The van der Waals surface area contributed by atoms with Gasteiger partial charge in [-0.05, 0) is 42.1 Å². The van der Waals surface area contributed by atoms with Gasteiger partial charge in [0.25, 0.3) is 0 Å². The van der Waals surface area contributed by atoms with Crippen molar-refractivity contribution < 1.29 is 0 Å². The number of fused-ring (bicyclic) bond motifs is 1. The molecule has 0 bridgehead atoms. The first-order valence-corrected chi connectivity index (χ1v) is 9.06. The van der Waals surface area contributed by atoms with E-state index in [1.54, 1.807) is 0 Å². The molecule has 2 radical (unpaired) electrons. The molecule has 116 valence electrons. The summed E-state index contributed by atoms with van der Waals surface area (Å²) in [7, 11) is 0. The normalized spacial score (nSPS) is 29.7. The van der Waals surface area contributed by atoms with Gasteiger partial charge in [-0.25, -0.2) is 0 Å². The Morgan fingerprint density at radius 2 is 1.68 bits per heavy atom. The molecular weight excluding hydrogens is 264 g/mol. The summed E-state index contributed by atoms with van der Waals surface area (Å²) in [6.07, 6.45) is 21.3. The van der Waals surface area contributed by atoms with Crippen molar-refractivity contribution in [2.45, 2.75) is 51.4 Å². The van der Waals surface area contributed by atoms with Gasteiger partial charge in [0.1, 0.15) is 0 Å². The van der Waals surface area contributed by atoms with E-state index in [0.29, 0.717) is 17.8 Å². The summed E-state index contributed by atoms with van der Waals surface area (Å²) in [5.74, 6) is 2.43. The van der Waals surface area contributed by atoms with E-state index in [4.69, 9.17) is 0 Å². The van der Waals surface area contributed by atoms with Gasteiger partial charge in [-0.2, -0.15) is 0 Å². The highest BCUT2D eigenvalue weighted by atomic mass is 14.4. The van der Waals surface area contributed by atoms with Crippen LogP contribution in [0.3, 0.4) is 0 Å². The summed E-state index contributed by atoms with van der Waals surface area (Å²) in [4.78, 5) is 0. The monoisotopic (exact) mass is 292 g/mol. The first-order valence-electron chi connectivity index (χ1n) is 9.06. The van der Waals surface area contributed by atoms with Crippen LogP contribution >= 0.6 is 0 Å². The van der Waals surface area contributed by atoms with E-state index >= 15 is 0 Å². The van der Waals surface area contributed by atoms with E-state index in [2.05, 4.69) is 68.0 Å². The van der Waals surface area contributed by atoms with Gasteiger partial charge in [-0.15, -0.1) is 0 Å². The van der Waals surface area contributed by atoms with Gasteiger partial charge in [0, 0.05) is 0 Å². The average molecular weight is 292 g/mol.